The minimum atomic E-state index is -1.12. The van der Waals surface area contributed by atoms with Gasteiger partial charge in [0.15, 0.2) is 0 Å². The molecular weight excluding hydrogens is 322 g/mol. The van der Waals surface area contributed by atoms with Gasteiger partial charge in [-0.25, -0.2) is 4.79 Å². The number of carbonyl (C=O) groups is 2. The number of hydrogen-bond acceptors (Lipinski definition) is 4. The van der Waals surface area contributed by atoms with E-state index in [0.717, 1.165) is 0 Å². The predicted molar refractivity (Wildman–Crippen MR) is 89.6 cm³/mol. The van der Waals surface area contributed by atoms with E-state index in [1.807, 2.05) is 6.07 Å². The molecule has 0 aromatic heterocycles. The highest BCUT2D eigenvalue weighted by Crippen LogP contribution is 2.35. The van der Waals surface area contributed by atoms with Crippen molar-refractivity contribution in [2.24, 2.45) is 0 Å². The molecule has 2 aromatic carbocycles. The molecule has 1 aliphatic heterocycles. The SMILES string of the molecule is N#Cc1cccc(NC(=O)c2cccc3c2OCC[C@@H]3NC(=O)O)c1. The van der Waals surface area contributed by atoms with Crippen LogP contribution in [0.15, 0.2) is 42.5 Å². The molecule has 0 radical (unpaired) electrons. The van der Waals surface area contributed by atoms with E-state index in [1.165, 1.54) is 0 Å². The van der Waals surface area contributed by atoms with Crippen LogP contribution >= 0.6 is 0 Å². The Morgan fingerprint density at radius 3 is 2.80 bits per heavy atom. The first-order valence-corrected chi connectivity index (χ1v) is 7.65. The van der Waals surface area contributed by atoms with Crippen molar-refractivity contribution >= 4 is 17.7 Å². The van der Waals surface area contributed by atoms with Crippen molar-refractivity contribution in [2.75, 3.05) is 11.9 Å². The third kappa shape index (κ3) is 3.53. The number of carboxylic acid groups (broad SMARTS) is 1. The summed E-state index contributed by atoms with van der Waals surface area (Å²) in [5.41, 5.74) is 1.89. The molecular formula is C18H15N3O4. The van der Waals surface area contributed by atoms with Crippen molar-refractivity contribution in [1.29, 1.82) is 5.26 Å². The van der Waals surface area contributed by atoms with Gasteiger partial charge >= 0.3 is 6.09 Å². The van der Waals surface area contributed by atoms with Gasteiger partial charge in [-0.15, -0.1) is 0 Å². The van der Waals surface area contributed by atoms with Crippen LogP contribution in [0.1, 0.15) is 33.9 Å². The molecule has 2 aromatic rings. The first-order chi connectivity index (χ1) is 12.1. The van der Waals surface area contributed by atoms with Gasteiger partial charge < -0.3 is 20.5 Å². The number of fused-ring (bicyclic) bond motifs is 1. The molecule has 25 heavy (non-hydrogen) atoms. The van der Waals surface area contributed by atoms with E-state index in [4.69, 9.17) is 15.1 Å². The predicted octanol–water partition coefficient (Wildman–Crippen LogP) is 2.90. The normalized spacial score (nSPS) is 15.2. The lowest BCUT2D eigenvalue weighted by atomic mass is 9.97. The third-order valence-corrected chi connectivity index (χ3v) is 3.87. The Kier molecular flexibility index (Phi) is 4.53. The number of nitrogens with zero attached hydrogens (tertiary/aromatic N) is 1. The minimum Gasteiger partial charge on any atom is -0.492 e. The van der Waals surface area contributed by atoms with E-state index < -0.39 is 12.1 Å². The summed E-state index contributed by atoms with van der Waals surface area (Å²) in [5.74, 6) is -0.00986. The number of anilines is 1. The Labute approximate surface area is 143 Å². The summed E-state index contributed by atoms with van der Waals surface area (Å²) in [6.45, 7) is 0.312. The highest BCUT2D eigenvalue weighted by Gasteiger charge is 2.27. The molecule has 3 rings (SSSR count). The van der Waals surface area contributed by atoms with E-state index in [0.29, 0.717) is 41.2 Å². The molecule has 126 valence electrons. The molecule has 0 fully saturated rings. The van der Waals surface area contributed by atoms with Gasteiger partial charge in [0.2, 0.25) is 0 Å². The maximum Gasteiger partial charge on any atom is 0.405 e. The zero-order valence-electron chi connectivity index (χ0n) is 13.2. The topological polar surface area (TPSA) is 111 Å². The number of benzene rings is 2. The number of nitriles is 1. The molecule has 1 heterocycles. The molecule has 0 aliphatic carbocycles. The second kappa shape index (κ2) is 6.93. The highest BCUT2D eigenvalue weighted by atomic mass is 16.5. The second-order valence-corrected chi connectivity index (χ2v) is 5.51. The first kappa shape index (κ1) is 16.3. The smallest absolute Gasteiger partial charge is 0.405 e. The number of nitrogens with one attached hydrogen (secondary N) is 2. The second-order valence-electron chi connectivity index (χ2n) is 5.51. The van der Waals surface area contributed by atoms with Gasteiger partial charge in [0.1, 0.15) is 5.75 Å². The van der Waals surface area contributed by atoms with Crippen molar-refractivity contribution in [1.82, 2.24) is 5.32 Å². The monoisotopic (exact) mass is 337 g/mol. The lowest BCUT2D eigenvalue weighted by molar-refractivity contribution is 0.102. The molecule has 1 aliphatic rings. The van der Waals surface area contributed by atoms with Gasteiger partial charge in [-0.1, -0.05) is 18.2 Å². The quantitative estimate of drug-likeness (QED) is 0.797. The Balaban J connectivity index is 1.89. The summed E-state index contributed by atoms with van der Waals surface area (Å²) in [6.07, 6.45) is -0.629. The van der Waals surface area contributed by atoms with Crippen LogP contribution in [0.3, 0.4) is 0 Å². The van der Waals surface area contributed by atoms with Gasteiger partial charge in [-0.3, -0.25) is 4.79 Å². The molecule has 1 atom stereocenters. The summed E-state index contributed by atoms with van der Waals surface area (Å²) < 4.78 is 5.62. The third-order valence-electron chi connectivity index (χ3n) is 3.87. The van der Waals surface area contributed by atoms with Crippen LogP contribution in [0.2, 0.25) is 0 Å². The van der Waals surface area contributed by atoms with Gasteiger partial charge in [0.25, 0.3) is 5.91 Å². The largest absolute Gasteiger partial charge is 0.492 e. The lowest BCUT2D eigenvalue weighted by Gasteiger charge is -2.27. The van der Waals surface area contributed by atoms with Crippen LogP contribution in [-0.4, -0.2) is 23.7 Å². The maximum absolute atomic E-state index is 12.6. The molecule has 0 unspecified atom stereocenters. The molecule has 0 spiro atoms. The fourth-order valence-corrected chi connectivity index (χ4v) is 2.77. The van der Waals surface area contributed by atoms with E-state index in [-0.39, 0.29) is 5.91 Å². The van der Waals surface area contributed by atoms with Crippen molar-refractivity contribution in [2.45, 2.75) is 12.5 Å². The number of ether oxygens (including phenoxy) is 1. The number of para-hydroxylation sites is 1. The molecule has 2 amide bonds. The van der Waals surface area contributed by atoms with E-state index >= 15 is 0 Å². The molecule has 7 heteroatoms. The standard InChI is InChI=1S/C18H15N3O4/c19-10-11-3-1-4-12(9-11)20-17(22)14-6-2-5-13-15(21-18(23)24)7-8-25-16(13)14/h1-6,9,15,21H,7-8H2,(H,20,22)(H,23,24)/t15-/m0/s1. The molecule has 0 saturated heterocycles. The summed E-state index contributed by atoms with van der Waals surface area (Å²) in [4.78, 5) is 23.5. The lowest BCUT2D eigenvalue weighted by Crippen LogP contribution is -2.31. The average molecular weight is 337 g/mol. The fraction of sp³-hybridized carbons (Fsp3) is 0.167. The summed E-state index contributed by atoms with van der Waals surface area (Å²) in [7, 11) is 0. The van der Waals surface area contributed by atoms with Crippen LogP contribution < -0.4 is 15.4 Å². The van der Waals surface area contributed by atoms with E-state index in [1.54, 1.807) is 42.5 Å². The zero-order chi connectivity index (χ0) is 17.8. The number of hydrogen-bond donors (Lipinski definition) is 3. The Hall–Kier alpha value is -3.53. The Bertz CT molecular complexity index is 873. The summed E-state index contributed by atoms with van der Waals surface area (Å²) in [5, 5.41) is 23.1. The average Bonchev–Trinajstić information content (AvgIpc) is 2.61. The van der Waals surface area contributed by atoms with Crippen LogP contribution in [0.4, 0.5) is 10.5 Å². The van der Waals surface area contributed by atoms with Crippen LogP contribution in [0.25, 0.3) is 0 Å². The summed E-state index contributed by atoms with van der Waals surface area (Å²) in [6, 6.07) is 13.2. The molecule has 0 bridgehead atoms. The maximum atomic E-state index is 12.6. The van der Waals surface area contributed by atoms with Crippen LogP contribution in [-0.2, 0) is 0 Å². The summed E-state index contributed by atoms with van der Waals surface area (Å²) >= 11 is 0. The Morgan fingerprint density at radius 2 is 2.04 bits per heavy atom. The fourth-order valence-electron chi connectivity index (χ4n) is 2.77. The number of rotatable bonds is 3. The Morgan fingerprint density at radius 1 is 1.24 bits per heavy atom. The zero-order valence-corrected chi connectivity index (χ0v) is 13.2. The van der Waals surface area contributed by atoms with Crippen molar-refractivity contribution in [3.8, 4) is 11.8 Å². The highest BCUT2D eigenvalue weighted by molar-refractivity contribution is 6.06. The van der Waals surface area contributed by atoms with Crippen molar-refractivity contribution < 1.29 is 19.4 Å². The molecule has 3 N–H and O–H groups in total. The van der Waals surface area contributed by atoms with Gasteiger partial charge in [-0.2, -0.15) is 5.26 Å². The van der Waals surface area contributed by atoms with Crippen LogP contribution in [0, 0.1) is 11.3 Å². The molecule has 0 saturated carbocycles. The number of amides is 2. The molecule has 7 nitrogen and oxygen atoms in total. The van der Waals surface area contributed by atoms with Gasteiger partial charge in [-0.05, 0) is 24.3 Å². The van der Waals surface area contributed by atoms with Gasteiger partial charge in [0, 0.05) is 17.7 Å². The van der Waals surface area contributed by atoms with Crippen LogP contribution in [0.5, 0.6) is 5.75 Å². The van der Waals surface area contributed by atoms with Crippen molar-refractivity contribution in [3.05, 3.63) is 59.2 Å². The van der Waals surface area contributed by atoms with E-state index in [2.05, 4.69) is 10.6 Å². The van der Waals surface area contributed by atoms with E-state index in [9.17, 15) is 9.59 Å². The minimum absolute atomic E-state index is 0.312. The number of carbonyl (C=O) groups excluding carboxylic acids is 1. The van der Waals surface area contributed by atoms with Gasteiger partial charge in [0.05, 0.1) is 29.8 Å². The first-order valence-electron chi connectivity index (χ1n) is 7.65. The van der Waals surface area contributed by atoms with Crippen molar-refractivity contribution in [3.63, 3.8) is 0 Å².